The molecule has 1 saturated carbocycles. The number of carbonyl (C=O) groups is 2. The quantitative estimate of drug-likeness (QED) is 0.0811. The summed E-state index contributed by atoms with van der Waals surface area (Å²) >= 11 is 0. The van der Waals surface area contributed by atoms with Gasteiger partial charge in [-0.15, -0.1) is 0 Å². The maximum atomic E-state index is 11.8. The van der Waals surface area contributed by atoms with Gasteiger partial charge in [0.25, 0.3) is 0 Å². The second-order valence-corrected chi connectivity index (χ2v) is 13.0. The molecule has 45 heavy (non-hydrogen) atoms. The van der Waals surface area contributed by atoms with Crippen LogP contribution in [0.5, 0.6) is 0 Å². The number of rotatable bonds is 23. The van der Waals surface area contributed by atoms with Gasteiger partial charge in [0, 0.05) is 14.2 Å². The molecule has 1 atom stereocenters. The number of hydrogen-bond donors (Lipinski definition) is 0. The third-order valence-electron chi connectivity index (χ3n) is 8.30. The highest BCUT2D eigenvalue weighted by molar-refractivity contribution is 5.76. The van der Waals surface area contributed by atoms with E-state index in [1.54, 1.807) is 14.2 Å². The van der Waals surface area contributed by atoms with Gasteiger partial charge in [-0.1, -0.05) is 53.4 Å². The Bertz CT molecular complexity index is 663. The molecule has 0 aliphatic heterocycles. The van der Waals surface area contributed by atoms with Crippen molar-refractivity contribution in [2.45, 2.75) is 132 Å². The van der Waals surface area contributed by atoms with Crippen molar-refractivity contribution in [3.8, 4) is 0 Å². The molecule has 0 heterocycles. The third-order valence-corrected chi connectivity index (χ3v) is 8.30. The third kappa shape index (κ3) is 26.5. The van der Waals surface area contributed by atoms with Crippen LogP contribution in [0.3, 0.4) is 0 Å². The average molecular weight is 649 g/mol. The molecule has 270 valence electrons. The van der Waals surface area contributed by atoms with Crippen molar-refractivity contribution < 1.29 is 42.7 Å². The normalized spacial score (nSPS) is 14.4. The second kappa shape index (κ2) is 30.1. The molecule has 0 aromatic heterocycles. The number of esters is 2. The van der Waals surface area contributed by atoms with Crippen molar-refractivity contribution in [1.82, 2.24) is 0 Å². The molecule has 0 aromatic rings. The van der Waals surface area contributed by atoms with Crippen molar-refractivity contribution in [2.75, 3.05) is 73.7 Å². The van der Waals surface area contributed by atoms with Crippen molar-refractivity contribution in [3.05, 3.63) is 0 Å². The van der Waals surface area contributed by atoms with E-state index in [9.17, 15) is 9.59 Å². The lowest BCUT2D eigenvalue weighted by Gasteiger charge is -2.27. The first-order valence-corrected chi connectivity index (χ1v) is 17.5. The van der Waals surface area contributed by atoms with Crippen LogP contribution >= 0.6 is 0 Å². The minimum absolute atomic E-state index is 0.0214. The van der Waals surface area contributed by atoms with E-state index in [1.165, 1.54) is 38.5 Å². The molecule has 9 nitrogen and oxygen atoms in total. The Labute approximate surface area is 277 Å². The molecular weight excluding hydrogens is 576 g/mol. The summed E-state index contributed by atoms with van der Waals surface area (Å²) in [4.78, 5) is 23.5. The largest absolute Gasteiger partial charge is 0.465 e. The summed E-state index contributed by atoms with van der Waals surface area (Å²) in [6, 6.07) is 0. The summed E-state index contributed by atoms with van der Waals surface area (Å²) in [5.74, 6) is 0.466. The van der Waals surface area contributed by atoms with Gasteiger partial charge in [-0.3, -0.25) is 9.59 Å². The van der Waals surface area contributed by atoms with Crippen molar-refractivity contribution in [3.63, 3.8) is 0 Å². The molecule has 0 N–H and O–H groups in total. The monoisotopic (exact) mass is 649 g/mol. The Morgan fingerprint density at radius 2 is 1.11 bits per heavy atom. The minimum atomic E-state index is -0.330. The van der Waals surface area contributed by atoms with Crippen LogP contribution in [0, 0.1) is 16.7 Å². The van der Waals surface area contributed by atoms with E-state index < -0.39 is 0 Å². The number of unbranched alkanes of at least 4 members (excludes halogenated alkanes) is 1. The van der Waals surface area contributed by atoms with Crippen molar-refractivity contribution in [2.24, 2.45) is 16.7 Å². The maximum absolute atomic E-state index is 11.8. The molecule has 0 aromatic carbocycles. The van der Waals surface area contributed by atoms with Crippen LogP contribution in [-0.2, 0) is 42.7 Å². The molecule has 0 radical (unpaired) electrons. The van der Waals surface area contributed by atoms with E-state index in [-0.39, 0.29) is 28.9 Å². The van der Waals surface area contributed by atoms with Crippen LogP contribution in [0.15, 0.2) is 0 Å². The molecule has 0 amide bonds. The molecule has 1 rings (SSSR count). The summed E-state index contributed by atoms with van der Waals surface area (Å²) in [6.07, 6.45) is 12.4. The zero-order valence-electron chi connectivity index (χ0n) is 31.0. The lowest BCUT2D eigenvalue weighted by molar-refractivity contribution is -0.161. The first kappa shape index (κ1) is 45.9. The number of carbonyl (C=O) groups excluding carboxylic acids is 2. The Morgan fingerprint density at radius 3 is 1.51 bits per heavy atom. The van der Waals surface area contributed by atoms with Gasteiger partial charge in [0.15, 0.2) is 0 Å². The van der Waals surface area contributed by atoms with Crippen LogP contribution < -0.4 is 0 Å². The molecule has 0 saturated heterocycles. The van der Waals surface area contributed by atoms with Gasteiger partial charge in [0.05, 0.1) is 70.3 Å². The highest BCUT2D eigenvalue weighted by atomic mass is 16.6. The molecule has 1 unspecified atom stereocenters. The molecule has 1 fully saturated rings. The Hall–Kier alpha value is -1.26. The Balaban J connectivity index is 0. The molecular formula is C36H72O9. The zero-order valence-corrected chi connectivity index (χ0v) is 31.0. The fourth-order valence-corrected chi connectivity index (χ4v) is 3.90. The van der Waals surface area contributed by atoms with Gasteiger partial charge in [0.2, 0.25) is 0 Å². The Kier molecular flexibility index (Phi) is 30.7. The average Bonchev–Trinajstić information content (AvgIpc) is 3.04. The predicted molar refractivity (Wildman–Crippen MR) is 182 cm³/mol. The van der Waals surface area contributed by atoms with E-state index in [1.807, 2.05) is 41.5 Å². The van der Waals surface area contributed by atoms with Gasteiger partial charge in [-0.2, -0.15) is 0 Å². The van der Waals surface area contributed by atoms with Crippen LogP contribution in [0.2, 0.25) is 0 Å². The van der Waals surface area contributed by atoms with Gasteiger partial charge in [-0.05, 0) is 78.6 Å². The molecule has 0 spiro atoms. The van der Waals surface area contributed by atoms with Crippen molar-refractivity contribution in [1.29, 1.82) is 0 Å². The maximum Gasteiger partial charge on any atom is 0.311 e. The first-order valence-electron chi connectivity index (χ1n) is 17.5. The highest BCUT2D eigenvalue weighted by Crippen LogP contribution is 2.27. The van der Waals surface area contributed by atoms with Crippen LogP contribution in [0.1, 0.15) is 126 Å². The van der Waals surface area contributed by atoms with E-state index in [0.29, 0.717) is 65.4 Å². The lowest BCUT2D eigenvalue weighted by Crippen LogP contribution is -2.31. The lowest BCUT2D eigenvalue weighted by atomic mass is 9.90. The van der Waals surface area contributed by atoms with E-state index in [0.717, 1.165) is 32.1 Å². The summed E-state index contributed by atoms with van der Waals surface area (Å²) in [6.45, 7) is 21.7. The fourth-order valence-electron chi connectivity index (χ4n) is 3.90. The molecule has 1 aliphatic rings. The van der Waals surface area contributed by atoms with Crippen LogP contribution in [0.4, 0.5) is 0 Å². The minimum Gasteiger partial charge on any atom is -0.465 e. The first-order chi connectivity index (χ1) is 21.4. The molecule has 0 bridgehead atoms. The predicted octanol–water partition coefficient (Wildman–Crippen LogP) is 7.81. The summed E-state index contributed by atoms with van der Waals surface area (Å²) in [5.41, 5.74) is -0.638. The Morgan fingerprint density at radius 1 is 0.667 bits per heavy atom. The number of hydrogen-bond acceptors (Lipinski definition) is 9. The van der Waals surface area contributed by atoms with Crippen molar-refractivity contribution >= 4 is 11.9 Å². The topological polar surface area (TPSA) is 98.8 Å². The summed E-state index contributed by atoms with van der Waals surface area (Å²) in [5, 5.41) is 0. The number of ether oxygens (including phenoxy) is 7. The van der Waals surface area contributed by atoms with E-state index >= 15 is 0 Å². The molecule has 1 aliphatic carbocycles. The van der Waals surface area contributed by atoms with Gasteiger partial charge in [-0.25, -0.2) is 0 Å². The second-order valence-electron chi connectivity index (χ2n) is 13.0. The SMILES string of the molecule is CCC(C)(C)C(=O)OC1CCCCC1.CCCCC(CC)COC(=O)C(C)(C)CC.COCCOCCOCCOCCOC. The van der Waals surface area contributed by atoms with E-state index in [2.05, 4.69) is 13.8 Å². The highest BCUT2D eigenvalue weighted by Gasteiger charge is 2.30. The zero-order chi connectivity index (χ0) is 34.4. The van der Waals surface area contributed by atoms with Crippen LogP contribution in [-0.4, -0.2) is 91.7 Å². The fraction of sp³-hybridized carbons (Fsp3) is 0.944. The number of methoxy groups -OCH3 is 2. The van der Waals surface area contributed by atoms with Gasteiger partial charge in [0.1, 0.15) is 6.10 Å². The van der Waals surface area contributed by atoms with Crippen LogP contribution in [0.25, 0.3) is 0 Å². The van der Waals surface area contributed by atoms with Gasteiger partial charge >= 0.3 is 11.9 Å². The molecule has 9 heteroatoms. The summed E-state index contributed by atoms with van der Waals surface area (Å²) in [7, 11) is 3.30. The smallest absolute Gasteiger partial charge is 0.311 e. The standard InChI is InChI=1S/C14H28O2.C12H22O2.C10H22O5/c1-6-9-10-12(7-2)11-16-13(15)14(4,5)8-3;1-4-12(2,3)11(13)14-10-8-6-5-7-9-10;1-11-3-5-13-7-9-15-10-8-14-6-4-12-2/h12H,6-11H2,1-5H3;10H,4-9H2,1-3H3;3-10H2,1-2H3. The summed E-state index contributed by atoms with van der Waals surface area (Å²) < 4.78 is 36.2. The van der Waals surface area contributed by atoms with E-state index in [4.69, 9.17) is 33.2 Å². The van der Waals surface area contributed by atoms with Gasteiger partial charge < -0.3 is 33.2 Å².